The molecule has 3 aliphatic heterocycles. The molecule has 2 aromatic carbocycles. The number of imide groups is 2. The second-order valence-corrected chi connectivity index (χ2v) is 8.92. The SMILES string of the molecule is COCCN1C(=O)NC(=O)[C@@]2(Cc3ccccc3N3CCN(Cc4ccccc4)C[C@@H]32)C1=O. The van der Waals surface area contributed by atoms with Crippen molar-refractivity contribution in [2.75, 3.05) is 44.8 Å². The van der Waals surface area contributed by atoms with Gasteiger partial charge in [-0.15, -0.1) is 0 Å². The summed E-state index contributed by atoms with van der Waals surface area (Å²) in [4.78, 5) is 45.6. The van der Waals surface area contributed by atoms with Gasteiger partial charge in [0, 0.05) is 39.0 Å². The van der Waals surface area contributed by atoms with Gasteiger partial charge in [-0.05, 0) is 23.6 Å². The number of anilines is 1. The van der Waals surface area contributed by atoms with E-state index in [9.17, 15) is 14.4 Å². The van der Waals surface area contributed by atoms with Crippen molar-refractivity contribution in [3.63, 3.8) is 0 Å². The minimum atomic E-state index is -1.37. The number of nitrogens with zero attached hydrogens (tertiary/aromatic N) is 3. The molecule has 5 rings (SSSR count). The summed E-state index contributed by atoms with van der Waals surface area (Å²) in [6, 6.07) is 17.1. The fourth-order valence-electron chi connectivity index (χ4n) is 5.44. The number of benzene rings is 2. The van der Waals surface area contributed by atoms with E-state index in [2.05, 4.69) is 33.3 Å². The zero-order chi connectivity index (χ0) is 23.0. The maximum absolute atomic E-state index is 13.9. The van der Waals surface area contributed by atoms with Crippen molar-refractivity contribution in [2.24, 2.45) is 5.41 Å². The Bertz CT molecular complexity index is 1080. The van der Waals surface area contributed by atoms with E-state index in [1.54, 1.807) is 0 Å². The molecule has 2 fully saturated rings. The van der Waals surface area contributed by atoms with E-state index in [0.717, 1.165) is 29.2 Å². The van der Waals surface area contributed by atoms with Crippen LogP contribution in [0, 0.1) is 5.41 Å². The van der Waals surface area contributed by atoms with E-state index in [1.165, 1.54) is 12.7 Å². The normalized spacial score (nSPS) is 25.1. The first-order chi connectivity index (χ1) is 16.0. The van der Waals surface area contributed by atoms with Crippen molar-refractivity contribution in [2.45, 2.75) is 19.0 Å². The molecule has 2 saturated heterocycles. The number of hydrogen-bond donors (Lipinski definition) is 1. The van der Waals surface area contributed by atoms with Gasteiger partial charge in [-0.25, -0.2) is 4.79 Å². The third-order valence-electron chi connectivity index (χ3n) is 7.07. The number of carbonyl (C=O) groups excluding carboxylic acids is 3. The van der Waals surface area contributed by atoms with Crippen LogP contribution in [0.15, 0.2) is 54.6 Å². The summed E-state index contributed by atoms with van der Waals surface area (Å²) in [7, 11) is 1.52. The molecule has 0 radical (unpaired) electrons. The second-order valence-electron chi connectivity index (χ2n) is 8.92. The molecule has 172 valence electrons. The van der Waals surface area contributed by atoms with Crippen LogP contribution in [0.2, 0.25) is 0 Å². The monoisotopic (exact) mass is 448 g/mol. The number of amides is 4. The lowest BCUT2D eigenvalue weighted by Gasteiger charge is -2.55. The van der Waals surface area contributed by atoms with E-state index in [-0.39, 0.29) is 25.6 Å². The van der Waals surface area contributed by atoms with Crippen LogP contribution >= 0.6 is 0 Å². The number of para-hydroxylation sites is 1. The lowest BCUT2D eigenvalue weighted by atomic mass is 9.67. The summed E-state index contributed by atoms with van der Waals surface area (Å²) in [6.07, 6.45) is 0.269. The number of fused-ring (bicyclic) bond motifs is 4. The fourth-order valence-corrected chi connectivity index (χ4v) is 5.44. The van der Waals surface area contributed by atoms with Crippen molar-refractivity contribution >= 4 is 23.5 Å². The van der Waals surface area contributed by atoms with E-state index in [4.69, 9.17) is 4.74 Å². The molecule has 3 heterocycles. The Morgan fingerprint density at radius 3 is 2.58 bits per heavy atom. The van der Waals surface area contributed by atoms with Gasteiger partial charge in [0.1, 0.15) is 0 Å². The van der Waals surface area contributed by atoms with Crippen molar-refractivity contribution in [1.82, 2.24) is 15.1 Å². The first-order valence-electron chi connectivity index (χ1n) is 11.3. The van der Waals surface area contributed by atoms with Gasteiger partial charge in [0.25, 0.3) is 0 Å². The molecule has 4 amide bonds. The summed E-state index contributed by atoms with van der Waals surface area (Å²) in [6.45, 7) is 3.13. The van der Waals surface area contributed by atoms with Crippen molar-refractivity contribution in [3.8, 4) is 0 Å². The zero-order valence-corrected chi connectivity index (χ0v) is 18.7. The number of urea groups is 1. The average molecular weight is 449 g/mol. The number of carbonyl (C=O) groups is 3. The third-order valence-corrected chi connectivity index (χ3v) is 7.07. The number of nitrogens with one attached hydrogen (secondary N) is 1. The molecular weight excluding hydrogens is 420 g/mol. The molecule has 1 spiro atoms. The maximum Gasteiger partial charge on any atom is 0.330 e. The molecular formula is C25H28N4O4. The second kappa shape index (κ2) is 8.61. The first-order valence-corrected chi connectivity index (χ1v) is 11.3. The lowest BCUT2D eigenvalue weighted by molar-refractivity contribution is -0.155. The first kappa shape index (κ1) is 21.6. The standard InChI is InChI=1S/C25H28N4O4/c1-33-14-13-29-23(31)25(22(30)26-24(29)32)15-19-9-5-6-10-20(19)28-12-11-27(17-21(25)28)16-18-7-3-2-4-8-18/h2-10,21H,11-17H2,1H3,(H,26,30,32)/t21-,25+/m1/s1. The van der Waals surface area contributed by atoms with Crippen LogP contribution in [0.25, 0.3) is 0 Å². The topological polar surface area (TPSA) is 82.2 Å². The molecule has 33 heavy (non-hydrogen) atoms. The van der Waals surface area contributed by atoms with Crippen LogP contribution in [0.1, 0.15) is 11.1 Å². The Morgan fingerprint density at radius 2 is 1.79 bits per heavy atom. The Morgan fingerprint density at radius 1 is 1.03 bits per heavy atom. The summed E-state index contributed by atoms with van der Waals surface area (Å²) < 4.78 is 5.11. The Labute approximate surface area is 193 Å². The van der Waals surface area contributed by atoms with Gasteiger partial charge < -0.3 is 9.64 Å². The predicted molar refractivity (Wildman–Crippen MR) is 123 cm³/mol. The highest BCUT2D eigenvalue weighted by molar-refractivity contribution is 6.20. The fraction of sp³-hybridized carbons (Fsp3) is 0.400. The van der Waals surface area contributed by atoms with Crippen LogP contribution in [-0.2, 0) is 27.3 Å². The van der Waals surface area contributed by atoms with E-state index in [1.807, 2.05) is 36.4 Å². The number of barbiturate groups is 1. The average Bonchev–Trinajstić information content (AvgIpc) is 2.83. The maximum atomic E-state index is 13.9. The smallest absolute Gasteiger partial charge is 0.330 e. The van der Waals surface area contributed by atoms with Gasteiger partial charge in [-0.2, -0.15) is 0 Å². The van der Waals surface area contributed by atoms with Gasteiger partial charge in [0.2, 0.25) is 11.8 Å². The van der Waals surface area contributed by atoms with Crippen molar-refractivity contribution in [3.05, 3.63) is 65.7 Å². The molecule has 8 nitrogen and oxygen atoms in total. The summed E-state index contributed by atoms with van der Waals surface area (Å²) >= 11 is 0. The van der Waals surface area contributed by atoms with Crippen LogP contribution in [0.3, 0.4) is 0 Å². The molecule has 2 atom stereocenters. The summed E-state index contributed by atoms with van der Waals surface area (Å²) in [5.74, 6) is -0.934. The molecule has 0 bridgehead atoms. The number of piperazine rings is 1. The molecule has 3 aliphatic rings. The van der Waals surface area contributed by atoms with Gasteiger partial charge in [0.15, 0.2) is 5.41 Å². The quantitative estimate of drug-likeness (QED) is 0.701. The molecule has 2 aromatic rings. The van der Waals surface area contributed by atoms with Gasteiger partial charge in [0.05, 0.1) is 19.2 Å². The van der Waals surface area contributed by atoms with Crippen LogP contribution < -0.4 is 10.2 Å². The van der Waals surface area contributed by atoms with Gasteiger partial charge in [-0.1, -0.05) is 48.5 Å². The number of methoxy groups -OCH3 is 1. The highest BCUT2D eigenvalue weighted by atomic mass is 16.5. The van der Waals surface area contributed by atoms with Gasteiger partial charge >= 0.3 is 6.03 Å². The predicted octanol–water partition coefficient (Wildman–Crippen LogP) is 1.64. The van der Waals surface area contributed by atoms with Crippen molar-refractivity contribution < 1.29 is 19.1 Å². The van der Waals surface area contributed by atoms with Crippen LogP contribution in [0.4, 0.5) is 10.5 Å². The third kappa shape index (κ3) is 3.59. The highest BCUT2D eigenvalue weighted by Gasteiger charge is 2.62. The molecule has 1 N–H and O–H groups in total. The number of hydrogen-bond acceptors (Lipinski definition) is 6. The molecule has 0 saturated carbocycles. The Hall–Kier alpha value is -3.23. The van der Waals surface area contributed by atoms with Crippen LogP contribution in [0.5, 0.6) is 0 Å². The number of rotatable bonds is 5. The largest absolute Gasteiger partial charge is 0.383 e. The van der Waals surface area contributed by atoms with E-state index < -0.39 is 23.3 Å². The highest BCUT2D eigenvalue weighted by Crippen LogP contribution is 2.45. The minimum Gasteiger partial charge on any atom is -0.383 e. The Kier molecular flexibility index (Phi) is 5.64. The molecule has 0 aliphatic carbocycles. The molecule has 8 heteroatoms. The number of ether oxygens (including phenoxy) is 1. The zero-order valence-electron chi connectivity index (χ0n) is 18.7. The van der Waals surface area contributed by atoms with Crippen LogP contribution in [-0.4, -0.2) is 73.6 Å². The minimum absolute atomic E-state index is 0.109. The summed E-state index contributed by atoms with van der Waals surface area (Å²) in [5, 5.41) is 2.48. The van der Waals surface area contributed by atoms with E-state index >= 15 is 0 Å². The molecule has 0 aromatic heterocycles. The van der Waals surface area contributed by atoms with Crippen molar-refractivity contribution in [1.29, 1.82) is 0 Å². The van der Waals surface area contributed by atoms with Gasteiger partial charge in [-0.3, -0.25) is 24.7 Å². The molecule has 0 unspecified atom stereocenters. The Balaban J connectivity index is 1.54. The lowest BCUT2D eigenvalue weighted by Crippen LogP contribution is -2.75. The van der Waals surface area contributed by atoms with E-state index in [0.29, 0.717) is 13.1 Å². The summed E-state index contributed by atoms with van der Waals surface area (Å²) in [5.41, 5.74) is 1.83.